The van der Waals surface area contributed by atoms with E-state index in [2.05, 4.69) is 10.3 Å². The van der Waals surface area contributed by atoms with Gasteiger partial charge in [-0.2, -0.15) is 0 Å². The Kier molecular flexibility index (Phi) is 4.03. The molecular weight excluding hydrogens is 282 g/mol. The summed E-state index contributed by atoms with van der Waals surface area (Å²) in [5.74, 6) is 0.222. The van der Waals surface area contributed by atoms with Crippen LogP contribution in [-0.4, -0.2) is 10.9 Å². The number of nitrogens with zero attached hydrogens (tertiary/aromatic N) is 1. The average molecular weight is 301 g/mol. The van der Waals surface area contributed by atoms with Gasteiger partial charge in [-0.25, -0.2) is 4.98 Å². The highest BCUT2D eigenvalue weighted by molar-refractivity contribution is 7.13. The molecule has 2 atom stereocenters. The Hall–Kier alpha value is -1.72. The van der Waals surface area contributed by atoms with Crippen molar-refractivity contribution in [2.24, 2.45) is 11.7 Å². The summed E-state index contributed by atoms with van der Waals surface area (Å²) >= 11 is 1.49. The number of thiazole rings is 1. The second-order valence-corrected chi connectivity index (χ2v) is 6.42. The molecule has 1 amide bonds. The van der Waals surface area contributed by atoms with E-state index in [4.69, 9.17) is 5.73 Å². The lowest BCUT2D eigenvalue weighted by Crippen LogP contribution is -2.30. The van der Waals surface area contributed by atoms with Crippen molar-refractivity contribution in [2.45, 2.75) is 31.7 Å². The summed E-state index contributed by atoms with van der Waals surface area (Å²) in [5, 5.41) is 5.60. The normalized spacial score (nSPS) is 17.2. The fourth-order valence-corrected chi connectivity index (χ4v) is 3.05. The van der Waals surface area contributed by atoms with Crippen LogP contribution in [0.1, 0.15) is 43.0 Å². The minimum Gasteiger partial charge on any atom is -0.323 e. The van der Waals surface area contributed by atoms with E-state index >= 15 is 0 Å². The maximum absolute atomic E-state index is 12.3. The third-order valence-electron chi connectivity index (χ3n) is 3.88. The van der Waals surface area contributed by atoms with Gasteiger partial charge in [0.15, 0.2) is 5.13 Å². The molecule has 3 rings (SSSR count). The first-order valence-electron chi connectivity index (χ1n) is 7.22. The maximum Gasteiger partial charge on any atom is 0.230 e. The number of benzene rings is 1. The van der Waals surface area contributed by atoms with E-state index in [1.165, 1.54) is 24.2 Å². The van der Waals surface area contributed by atoms with Crippen molar-refractivity contribution < 1.29 is 4.79 Å². The van der Waals surface area contributed by atoms with Gasteiger partial charge >= 0.3 is 0 Å². The number of rotatable bonds is 5. The lowest BCUT2D eigenvalue weighted by Gasteiger charge is -2.19. The van der Waals surface area contributed by atoms with Crippen molar-refractivity contribution in [3.63, 3.8) is 0 Å². The summed E-state index contributed by atoms with van der Waals surface area (Å²) in [6.07, 6.45) is 2.43. The molecule has 1 fully saturated rings. The van der Waals surface area contributed by atoms with E-state index in [1.54, 1.807) is 0 Å². The van der Waals surface area contributed by atoms with E-state index in [1.807, 2.05) is 42.6 Å². The lowest BCUT2D eigenvalue weighted by atomic mass is 9.95. The maximum atomic E-state index is 12.3. The number of amides is 1. The number of anilines is 1. The molecule has 2 aromatic rings. The van der Waals surface area contributed by atoms with Gasteiger partial charge in [0.1, 0.15) is 0 Å². The molecule has 3 N–H and O–H groups in total. The molecule has 1 saturated carbocycles. The summed E-state index contributed by atoms with van der Waals surface area (Å²) in [7, 11) is 0. The lowest BCUT2D eigenvalue weighted by molar-refractivity contribution is -0.120. The van der Waals surface area contributed by atoms with Gasteiger partial charge in [-0.1, -0.05) is 37.3 Å². The standard InChI is InChI=1S/C16H19N3OS/c1-10(14(17)12-5-3-2-4-6-12)15(20)19-16-18-13(9-21-16)11-7-8-11/h2-6,9-11,14H,7-8,17H2,1H3,(H,18,19,20)/t10-,14-/m0/s1. The van der Waals surface area contributed by atoms with Crippen LogP contribution in [0.4, 0.5) is 5.13 Å². The van der Waals surface area contributed by atoms with Crippen LogP contribution >= 0.6 is 11.3 Å². The van der Waals surface area contributed by atoms with Gasteiger partial charge in [-0.15, -0.1) is 11.3 Å². The smallest absolute Gasteiger partial charge is 0.230 e. The van der Waals surface area contributed by atoms with Crippen LogP contribution < -0.4 is 11.1 Å². The molecule has 5 heteroatoms. The second kappa shape index (κ2) is 5.95. The number of aromatic nitrogens is 1. The van der Waals surface area contributed by atoms with Gasteiger partial charge in [0.25, 0.3) is 0 Å². The predicted octanol–water partition coefficient (Wildman–Crippen LogP) is 3.30. The highest BCUT2D eigenvalue weighted by atomic mass is 32.1. The van der Waals surface area contributed by atoms with Gasteiger partial charge in [-0.3, -0.25) is 4.79 Å². The molecule has 0 spiro atoms. The molecule has 1 aromatic carbocycles. The van der Waals surface area contributed by atoms with Crippen LogP contribution in [0.15, 0.2) is 35.7 Å². The Morgan fingerprint density at radius 1 is 1.38 bits per heavy atom. The summed E-state index contributed by atoms with van der Waals surface area (Å²) < 4.78 is 0. The number of nitrogens with two attached hydrogens (primary N) is 1. The highest BCUT2D eigenvalue weighted by Crippen LogP contribution is 2.40. The number of nitrogens with one attached hydrogen (secondary N) is 1. The first kappa shape index (κ1) is 14.2. The molecule has 0 bridgehead atoms. The largest absolute Gasteiger partial charge is 0.323 e. The Bertz CT molecular complexity index is 621. The van der Waals surface area contributed by atoms with Crippen LogP contribution in [-0.2, 0) is 4.79 Å². The van der Waals surface area contributed by atoms with Gasteiger partial charge < -0.3 is 11.1 Å². The molecular formula is C16H19N3OS. The quantitative estimate of drug-likeness (QED) is 0.890. The fourth-order valence-electron chi connectivity index (χ4n) is 2.26. The Balaban J connectivity index is 1.63. The van der Waals surface area contributed by atoms with Crippen LogP contribution in [0.25, 0.3) is 0 Å². The van der Waals surface area contributed by atoms with Gasteiger partial charge in [0.2, 0.25) is 5.91 Å². The van der Waals surface area contributed by atoms with Crippen molar-refractivity contribution in [3.05, 3.63) is 47.0 Å². The molecule has 0 saturated heterocycles. The fraction of sp³-hybridized carbons (Fsp3) is 0.375. The summed E-state index contributed by atoms with van der Waals surface area (Å²) in [5.41, 5.74) is 8.26. The first-order chi connectivity index (χ1) is 10.1. The van der Waals surface area contributed by atoms with E-state index in [-0.39, 0.29) is 17.9 Å². The molecule has 0 aliphatic heterocycles. The Morgan fingerprint density at radius 3 is 2.76 bits per heavy atom. The highest BCUT2D eigenvalue weighted by Gasteiger charge is 2.27. The van der Waals surface area contributed by atoms with Gasteiger partial charge in [-0.05, 0) is 18.4 Å². The van der Waals surface area contributed by atoms with Crippen molar-refractivity contribution >= 4 is 22.4 Å². The molecule has 0 unspecified atom stereocenters. The first-order valence-corrected chi connectivity index (χ1v) is 8.10. The number of hydrogen-bond acceptors (Lipinski definition) is 4. The van der Waals surface area contributed by atoms with E-state index in [9.17, 15) is 4.79 Å². The van der Waals surface area contributed by atoms with Crippen LogP contribution in [0.5, 0.6) is 0 Å². The molecule has 1 aliphatic rings. The van der Waals surface area contributed by atoms with Crippen molar-refractivity contribution in [1.82, 2.24) is 4.98 Å². The summed E-state index contributed by atoms with van der Waals surface area (Å²) in [4.78, 5) is 16.8. The zero-order valence-electron chi connectivity index (χ0n) is 12.0. The molecule has 110 valence electrons. The third kappa shape index (κ3) is 3.31. The van der Waals surface area contributed by atoms with E-state index in [0.717, 1.165) is 11.3 Å². The third-order valence-corrected chi connectivity index (χ3v) is 4.66. The zero-order chi connectivity index (χ0) is 14.8. The summed E-state index contributed by atoms with van der Waals surface area (Å²) in [6, 6.07) is 9.39. The molecule has 4 nitrogen and oxygen atoms in total. The monoisotopic (exact) mass is 301 g/mol. The molecule has 1 aromatic heterocycles. The zero-order valence-corrected chi connectivity index (χ0v) is 12.8. The van der Waals surface area contributed by atoms with Crippen LogP contribution in [0, 0.1) is 5.92 Å². The van der Waals surface area contributed by atoms with E-state index < -0.39 is 0 Å². The van der Waals surface area contributed by atoms with Crippen LogP contribution in [0.3, 0.4) is 0 Å². The Morgan fingerprint density at radius 2 is 2.10 bits per heavy atom. The van der Waals surface area contributed by atoms with Crippen molar-refractivity contribution in [1.29, 1.82) is 0 Å². The number of carbonyl (C=O) groups excluding carboxylic acids is 1. The molecule has 1 aliphatic carbocycles. The van der Waals surface area contributed by atoms with E-state index in [0.29, 0.717) is 11.0 Å². The SMILES string of the molecule is C[C@H](C(=O)Nc1nc(C2CC2)cs1)[C@H](N)c1ccccc1. The molecule has 0 radical (unpaired) electrons. The van der Waals surface area contributed by atoms with Crippen molar-refractivity contribution in [3.8, 4) is 0 Å². The minimum absolute atomic E-state index is 0.0805. The predicted molar refractivity (Wildman–Crippen MR) is 85.3 cm³/mol. The minimum atomic E-state index is -0.311. The molecule has 1 heterocycles. The number of hydrogen-bond donors (Lipinski definition) is 2. The second-order valence-electron chi connectivity index (χ2n) is 5.57. The van der Waals surface area contributed by atoms with Gasteiger partial charge in [0.05, 0.1) is 11.6 Å². The topological polar surface area (TPSA) is 68.0 Å². The van der Waals surface area contributed by atoms with Crippen LogP contribution in [0.2, 0.25) is 0 Å². The number of carbonyl (C=O) groups is 1. The van der Waals surface area contributed by atoms with Crippen molar-refractivity contribution in [2.75, 3.05) is 5.32 Å². The Labute approximate surface area is 128 Å². The summed E-state index contributed by atoms with van der Waals surface area (Å²) in [6.45, 7) is 1.85. The van der Waals surface area contributed by atoms with Gasteiger partial charge in [0, 0.05) is 17.3 Å². The average Bonchev–Trinajstić information content (AvgIpc) is 3.27. The molecule has 21 heavy (non-hydrogen) atoms.